The number of nitrogens with one attached hydrogen (secondary N) is 3. The molecule has 1 unspecified atom stereocenters. The highest BCUT2D eigenvalue weighted by atomic mass is 32.2. The van der Waals surface area contributed by atoms with E-state index in [9.17, 15) is 32.7 Å². The number of carbonyl (C=O) groups excluding carboxylic acids is 3. The van der Waals surface area contributed by atoms with Crippen molar-refractivity contribution in [2.45, 2.75) is 64.5 Å². The number of piperidine rings is 1. The van der Waals surface area contributed by atoms with Crippen LogP contribution in [0.25, 0.3) is 0 Å². The lowest BCUT2D eigenvalue weighted by Gasteiger charge is -2.32. The molecule has 1 fully saturated rings. The van der Waals surface area contributed by atoms with Crippen LogP contribution in [-0.2, 0) is 29.2 Å². The maximum absolute atomic E-state index is 13.3. The van der Waals surface area contributed by atoms with Crippen LogP contribution in [0.5, 0.6) is 0 Å². The number of carboxylic acids is 1. The molecule has 1 saturated heterocycles. The molecule has 34 heavy (non-hydrogen) atoms. The van der Waals surface area contributed by atoms with Crippen molar-refractivity contribution in [3.63, 3.8) is 0 Å². The number of sulfonamides is 1. The molecule has 1 aliphatic rings. The van der Waals surface area contributed by atoms with Crippen molar-refractivity contribution in [2.24, 2.45) is 11.7 Å². The first kappa shape index (κ1) is 30.1. The number of hydrogen-bond donors (Lipinski definition) is 5. The fourth-order valence-electron chi connectivity index (χ4n) is 3.73. The number of carboxylic acid groups (broad SMARTS) is 1. The molecule has 1 aliphatic heterocycles. The summed E-state index contributed by atoms with van der Waals surface area (Å²) in [4.78, 5) is 50.1. The van der Waals surface area contributed by atoms with Gasteiger partial charge >= 0.3 is 17.8 Å². The van der Waals surface area contributed by atoms with Crippen LogP contribution < -0.4 is 21.1 Å². The molecular formula is C21H40N5O7S+. The third-order valence-corrected chi connectivity index (χ3v) is 7.56. The minimum absolute atomic E-state index is 0.0308. The van der Waals surface area contributed by atoms with E-state index in [4.69, 9.17) is 5.73 Å². The first-order chi connectivity index (χ1) is 15.8. The van der Waals surface area contributed by atoms with Crippen molar-refractivity contribution in [1.82, 2.24) is 15.4 Å². The van der Waals surface area contributed by atoms with E-state index in [1.165, 1.54) is 14.0 Å². The normalized spacial score (nSPS) is 18.5. The smallest absolute Gasteiger partial charge is 0.340 e. The van der Waals surface area contributed by atoms with Gasteiger partial charge in [0.05, 0.1) is 25.3 Å². The van der Waals surface area contributed by atoms with E-state index < -0.39 is 63.4 Å². The Balaban J connectivity index is 3.08. The molecule has 12 nitrogen and oxygen atoms in total. The van der Waals surface area contributed by atoms with Crippen LogP contribution in [-0.4, -0.2) is 92.8 Å². The van der Waals surface area contributed by atoms with Gasteiger partial charge in [0.25, 0.3) is 0 Å². The van der Waals surface area contributed by atoms with E-state index in [2.05, 4.69) is 15.4 Å². The van der Waals surface area contributed by atoms with Gasteiger partial charge < -0.3 is 21.5 Å². The summed E-state index contributed by atoms with van der Waals surface area (Å²) in [5, 5.41) is 15.2. The molecular weight excluding hydrogens is 466 g/mol. The fourth-order valence-corrected chi connectivity index (χ4v) is 5.12. The van der Waals surface area contributed by atoms with Crippen LogP contribution in [0, 0.1) is 5.92 Å². The minimum atomic E-state index is -3.93. The number of likely N-dealkylation sites (N-methyl/N-ethyl adjacent to an activating group) is 1. The summed E-state index contributed by atoms with van der Waals surface area (Å²) in [6, 6.07) is -2.57. The average molecular weight is 507 g/mol. The highest BCUT2D eigenvalue weighted by Crippen LogP contribution is 2.20. The van der Waals surface area contributed by atoms with Crippen LogP contribution in [0.2, 0.25) is 0 Å². The molecule has 0 aromatic carbocycles. The maximum atomic E-state index is 13.3. The van der Waals surface area contributed by atoms with Crippen LogP contribution in [0.15, 0.2) is 0 Å². The maximum Gasteiger partial charge on any atom is 0.340 e. The van der Waals surface area contributed by atoms with Crippen LogP contribution in [0.4, 0.5) is 0 Å². The number of hydrogen-bond acceptors (Lipinski definition) is 8. The molecule has 0 radical (unpaired) electrons. The Morgan fingerprint density at radius 3 is 2.32 bits per heavy atom. The molecule has 0 aromatic heterocycles. The summed E-state index contributed by atoms with van der Waals surface area (Å²) < 4.78 is 25.8. The Morgan fingerprint density at radius 2 is 1.79 bits per heavy atom. The highest BCUT2D eigenvalue weighted by Gasteiger charge is 2.44. The van der Waals surface area contributed by atoms with Gasteiger partial charge in [-0.05, 0) is 51.6 Å². The van der Waals surface area contributed by atoms with Crippen molar-refractivity contribution in [2.75, 3.05) is 39.0 Å². The lowest BCUT2D eigenvalue weighted by atomic mass is 9.92. The zero-order chi connectivity index (χ0) is 25.9. The van der Waals surface area contributed by atoms with E-state index in [1.807, 2.05) is 0 Å². The van der Waals surface area contributed by atoms with E-state index in [0.29, 0.717) is 25.2 Å². The zero-order valence-corrected chi connectivity index (χ0v) is 21.2. The minimum Gasteiger partial charge on any atom is -0.480 e. The third kappa shape index (κ3) is 9.74. The molecule has 0 aliphatic carbocycles. The molecule has 3 atom stereocenters. The summed E-state index contributed by atoms with van der Waals surface area (Å²) in [5.41, 5.74) is 5.50. The van der Waals surface area contributed by atoms with Crippen molar-refractivity contribution >= 4 is 33.7 Å². The van der Waals surface area contributed by atoms with Crippen molar-refractivity contribution in [3.05, 3.63) is 0 Å². The summed E-state index contributed by atoms with van der Waals surface area (Å²) >= 11 is 0. The van der Waals surface area contributed by atoms with Gasteiger partial charge in [-0.15, -0.1) is 0 Å². The van der Waals surface area contributed by atoms with Gasteiger partial charge in [0.1, 0.15) is 13.1 Å². The number of unbranched alkanes of at least 4 members (excludes halogenated alkanes) is 1. The molecule has 13 heteroatoms. The van der Waals surface area contributed by atoms with Gasteiger partial charge in [0.2, 0.25) is 15.9 Å². The first-order valence-corrected chi connectivity index (χ1v) is 13.4. The molecule has 0 saturated carbocycles. The topological polar surface area (TPSA) is 185 Å². The molecule has 196 valence electrons. The Kier molecular flexibility index (Phi) is 12.2. The molecule has 3 amide bonds. The second kappa shape index (κ2) is 13.8. The average Bonchev–Trinajstić information content (AvgIpc) is 2.79. The van der Waals surface area contributed by atoms with Crippen LogP contribution in [0.1, 0.15) is 52.4 Å². The predicted molar refractivity (Wildman–Crippen MR) is 126 cm³/mol. The molecule has 0 spiro atoms. The quantitative estimate of drug-likeness (QED) is 0.182. The summed E-state index contributed by atoms with van der Waals surface area (Å²) in [7, 11) is -2.67. The number of rotatable bonds is 14. The molecule has 1 rings (SSSR count). The van der Waals surface area contributed by atoms with Crippen LogP contribution in [0.3, 0.4) is 0 Å². The molecule has 0 aromatic rings. The summed E-state index contributed by atoms with van der Waals surface area (Å²) in [6.45, 7) is 3.77. The molecule has 6 N–H and O–H groups in total. The zero-order valence-electron chi connectivity index (χ0n) is 20.3. The van der Waals surface area contributed by atoms with Gasteiger partial charge in [0, 0.05) is 0 Å². The third-order valence-electron chi connectivity index (χ3n) is 6.09. The Morgan fingerprint density at radius 1 is 1.18 bits per heavy atom. The second-order valence-corrected chi connectivity index (χ2v) is 11.0. The van der Waals surface area contributed by atoms with Crippen molar-refractivity contribution in [3.8, 4) is 0 Å². The first-order valence-electron chi connectivity index (χ1n) is 11.7. The lowest BCUT2D eigenvalue weighted by molar-refractivity contribution is -0.758. The highest BCUT2D eigenvalue weighted by molar-refractivity contribution is 7.89. The standard InChI is InChI=1S/C21H39N5O7S/c1-4-5-12-34(32,33)25-17(21(30)31)14-26(3,19(28)13-24-20(29)15(2)22)18(27)7-6-16-8-10-23-11-9-16/h15-17,23,25H,4-14,22H2,1-3H3,(H-,24,29,30,31)/p+1/t15-,17-,26?/m0/s1. The van der Waals surface area contributed by atoms with Gasteiger partial charge in [-0.1, -0.05) is 13.3 Å². The number of aliphatic carboxylic acids is 1. The number of quaternary nitrogens is 1. The van der Waals surface area contributed by atoms with E-state index in [1.54, 1.807) is 6.92 Å². The van der Waals surface area contributed by atoms with Gasteiger partial charge in [-0.3, -0.25) is 9.59 Å². The van der Waals surface area contributed by atoms with E-state index in [0.717, 1.165) is 25.9 Å². The molecule has 0 bridgehead atoms. The van der Waals surface area contributed by atoms with Crippen molar-refractivity contribution < 1.29 is 37.2 Å². The fraction of sp³-hybridized carbons (Fsp3) is 0.810. The summed E-state index contributed by atoms with van der Waals surface area (Å²) in [6.07, 6.45) is 3.29. The predicted octanol–water partition coefficient (Wildman–Crippen LogP) is -1.10. The monoisotopic (exact) mass is 506 g/mol. The number of nitrogens with zero attached hydrogens (tertiary/aromatic N) is 1. The van der Waals surface area contributed by atoms with Gasteiger partial charge in [0.15, 0.2) is 6.04 Å². The second-order valence-electron chi connectivity index (χ2n) is 9.08. The Labute approximate surface area is 201 Å². The largest absolute Gasteiger partial charge is 0.480 e. The van der Waals surface area contributed by atoms with E-state index >= 15 is 0 Å². The van der Waals surface area contributed by atoms with Gasteiger partial charge in [-0.2, -0.15) is 9.21 Å². The number of carbonyl (C=O) groups is 4. The van der Waals surface area contributed by atoms with E-state index in [-0.39, 0.29) is 12.2 Å². The SMILES string of the molecule is CCCCS(=O)(=O)N[C@@H](C[N+](C)(C(=O)CCC1CCNCC1)C(=O)CNC(=O)[C@H](C)N)C(=O)O. The van der Waals surface area contributed by atoms with Crippen molar-refractivity contribution in [1.29, 1.82) is 0 Å². The molecule has 1 heterocycles. The summed E-state index contributed by atoms with van der Waals surface area (Å²) in [5.74, 6) is -3.34. The number of amides is 3. The number of imide groups is 1. The number of nitrogens with two attached hydrogens (primary N) is 1. The Bertz CT molecular complexity index is 827. The lowest BCUT2D eigenvalue weighted by Crippen LogP contribution is -2.63. The van der Waals surface area contributed by atoms with Gasteiger partial charge in [-0.25, -0.2) is 18.0 Å². The van der Waals surface area contributed by atoms with Crippen LogP contribution >= 0.6 is 0 Å². The Hall–Kier alpha value is -1.93.